The van der Waals surface area contributed by atoms with Crippen molar-refractivity contribution in [2.75, 3.05) is 6.54 Å². The number of hydrogen-bond acceptors (Lipinski definition) is 7. The molecule has 2 aromatic rings. The summed E-state index contributed by atoms with van der Waals surface area (Å²) in [7, 11) is 0. The Bertz CT molecular complexity index is 480. The molecular weight excluding hydrogens is 242 g/mol. The third-order valence-electron chi connectivity index (χ3n) is 2.12. The van der Waals surface area contributed by atoms with Gasteiger partial charge in [0, 0.05) is 13.0 Å². The van der Waals surface area contributed by atoms with E-state index in [1.807, 2.05) is 0 Å². The number of nitrogens with one attached hydrogen (secondary N) is 2. The van der Waals surface area contributed by atoms with Gasteiger partial charge in [0.25, 0.3) is 5.91 Å². The van der Waals surface area contributed by atoms with Crippen molar-refractivity contribution in [1.82, 2.24) is 34.7 Å². The van der Waals surface area contributed by atoms with Crippen LogP contribution in [-0.2, 0) is 6.42 Å². The summed E-state index contributed by atoms with van der Waals surface area (Å²) < 4.78 is 7.87. The van der Waals surface area contributed by atoms with Gasteiger partial charge in [-0.15, -0.1) is 10.2 Å². The first-order valence-corrected chi connectivity index (χ1v) is 5.80. The van der Waals surface area contributed by atoms with E-state index >= 15 is 0 Å². The van der Waals surface area contributed by atoms with Gasteiger partial charge in [-0.05, 0) is 13.3 Å². The van der Waals surface area contributed by atoms with E-state index in [-0.39, 0.29) is 5.91 Å². The Hall–Kier alpha value is -1.90. The normalized spacial score (nSPS) is 10.4. The third kappa shape index (κ3) is 3.03. The molecule has 0 saturated heterocycles. The highest BCUT2D eigenvalue weighted by Crippen LogP contribution is 2.03. The fraction of sp³-hybridized carbons (Fsp3) is 0.500. The largest absolute Gasteiger partial charge is 0.351 e. The quantitative estimate of drug-likeness (QED) is 0.709. The minimum Gasteiger partial charge on any atom is -0.351 e. The first kappa shape index (κ1) is 11.6. The molecule has 0 aromatic carbocycles. The van der Waals surface area contributed by atoms with E-state index in [1.54, 1.807) is 6.92 Å². The lowest BCUT2D eigenvalue weighted by molar-refractivity contribution is 0.0948. The van der Waals surface area contributed by atoms with Gasteiger partial charge in [-0.2, -0.15) is 14.0 Å². The molecule has 2 rings (SSSR count). The Morgan fingerprint density at radius 3 is 3.00 bits per heavy atom. The topological polar surface area (TPSA) is 109 Å². The van der Waals surface area contributed by atoms with Gasteiger partial charge in [0.15, 0.2) is 11.5 Å². The summed E-state index contributed by atoms with van der Waals surface area (Å²) in [6.07, 6.45) is 1.42. The van der Waals surface area contributed by atoms with Gasteiger partial charge in [-0.1, -0.05) is 5.21 Å². The van der Waals surface area contributed by atoms with Crippen LogP contribution in [0.3, 0.4) is 0 Å². The third-order valence-corrected chi connectivity index (χ3v) is 2.74. The van der Waals surface area contributed by atoms with E-state index in [2.05, 4.69) is 34.7 Å². The Labute approximate surface area is 101 Å². The van der Waals surface area contributed by atoms with Gasteiger partial charge in [0.2, 0.25) is 0 Å². The number of H-pyrrole nitrogens is 1. The molecule has 0 spiro atoms. The highest BCUT2D eigenvalue weighted by atomic mass is 32.1. The number of nitrogens with zero attached hydrogens (tertiary/aromatic N) is 5. The molecule has 0 aliphatic carbocycles. The summed E-state index contributed by atoms with van der Waals surface area (Å²) >= 11 is 1.04. The minimum absolute atomic E-state index is 0.190. The number of aromatic nitrogens is 6. The van der Waals surface area contributed by atoms with Crippen LogP contribution in [0.4, 0.5) is 0 Å². The molecule has 2 N–H and O–H groups in total. The number of amides is 1. The number of aryl methyl sites for hydroxylation is 2. The maximum absolute atomic E-state index is 11.6. The van der Waals surface area contributed by atoms with Crippen LogP contribution < -0.4 is 5.32 Å². The van der Waals surface area contributed by atoms with Crippen LogP contribution in [0.2, 0.25) is 0 Å². The molecule has 0 saturated carbocycles. The van der Waals surface area contributed by atoms with E-state index in [9.17, 15) is 4.79 Å². The van der Waals surface area contributed by atoms with Crippen molar-refractivity contribution in [2.45, 2.75) is 19.8 Å². The molecule has 0 radical (unpaired) electrons. The first-order valence-electron chi connectivity index (χ1n) is 5.07. The maximum atomic E-state index is 11.6. The van der Waals surface area contributed by atoms with Crippen LogP contribution in [0, 0.1) is 6.92 Å². The molecule has 9 heteroatoms. The minimum atomic E-state index is -0.190. The zero-order valence-electron chi connectivity index (χ0n) is 9.17. The Balaban J connectivity index is 1.72. The Morgan fingerprint density at radius 1 is 1.47 bits per heavy atom. The van der Waals surface area contributed by atoms with Crippen LogP contribution in [0.25, 0.3) is 0 Å². The lowest BCUT2D eigenvalue weighted by atomic mass is 10.3. The number of rotatable bonds is 5. The second-order valence-electron chi connectivity index (χ2n) is 3.39. The zero-order chi connectivity index (χ0) is 12.1. The van der Waals surface area contributed by atoms with Gasteiger partial charge in [0.05, 0.1) is 17.4 Å². The number of hydrogen-bond donors (Lipinski definition) is 2. The summed E-state index contributed by atoms with van der Waals surface area (Å²) in [5, 5.41) is 16.2. The Morgan fingerprint density at radius 2 is 2.35 bits per heavy atom. The molecule has 2 heterocycles. The average molecular weight is 253 g/mol. The molecule has 0 unspecified atom stereocenters. The van der Waals surface area contributed by atoms with Crippen molar-refractivity contribution in [2.24, 2.45) is 0 Å². The lowest BCUT2D eigenvalue weighted by Gasteiger charge is -2.01. The van der Waals surface area contributed by atoms with E-state index in [0.717, 1.165) is 18.1 Å². The predicted molar refractivity (Wildman–Crippen MR) is 59.5 cm³/mol. The molecule has 1 amide bonds. The molecule has 0 atom stereocenters. The lowest BCUT2D eigenvalue weighted by Crippen LogP contribution is -2.25. The van der Waals surface area contributed by atoms with Crippen LogP contribution >= 0.6 is 11.7 Å². The molecular formula is C8H11N7OS. The zero-order valence-corrected chi connectivity index (χ0v) is 9.99. The maximum Gasteiger partial charge on any atom is 0.272 e. The molecule has 0 aliphatic heterocycles. The van der Waals surface area contributed by atoms with E-state index in [0.29, 0.717) is 30.2 Å². The second kappa shape index (κ2) is 5.43. The summed E-state index contributed by atoms with van der Waals surface area (Å²) in [6, 6.07) is 0. The van der Waals surface area contributed by atoms with E-state index < -0.39 is 0 Å². The van der Waals surface area contributed by atoms with Crippen LogP contribution in [0.5, 0.6) is 0 Å². The smallest absolute Gasteiger partial charge is 0.272 e. The summed E-state index contributed by atoms with van der Waals surface area (Å²) in [5.41, 5.74) is 1.06. The number of carbonyl (C=O) groups is 1. The second-order valence-corrected chi connectivity index (χ2v) is 3.91. The molecule has 2 aromatic heterocycles. The summed E-state index contributed by atoms with van der Waals surface area (Å²) in [4.78, 5) is 11.6. The van der Waals surface area contributed by atoms with E-state index in [4.69, 9.17) is 0 Å². The summed E-state index contributed by atoms with van der Waals surface area (Å²) in [6.45, 7) is 2.31. The monoisotopic (exact) mass is 253 g/mol. The van der Waals surface area contributed by atoms with Gasteiger partial charge < -0.3 is 5.32 Å². The van der Waals surface area contributed by atoms with Crippen LogP contribution in [0.1, 0.15) is 28.4 Å². The van der Waals surface area contributed by atoms with Crippen molar-refractivity contribution in [1.29, 1.82) is 0 Å². The predicted octanol–water partition coefficient (Wildman–Crippen LogP) is -0.278. The number of carbonyl (C=O) groups excluding carboxylic acids is 1. The van der Waals surface area contributed by atoms with Crippen molar-refractivity contribution in [3.05, 3.63) is 17.2 Å². The van der Waals surface area contributed by atoms with Gasteiger partial charge in [0.1, 0.15) is 0 Å². The molecule has 17 heavy (non-hydrogen) atoms. The molecule has 0 aliphatic rings. The first-order chi connectivity index (χ1) is 8.27. The molecule has 0 fully saturated rings. The fourth-order valence-corrected chi connectivity index (χ4v) is 1.80. The molecule has 0 bridgehead atoms. The van der Waals surface area contributed by atoms with E-state index in [1.165, 1.54) is 0 Å². The average Bonchev–Trinajstić information content (AvgIpc) is 2.95. The standard InChI is InChI=1S/C8H11N7OS/c1-5-7(13-17-12-5)8(16)9-4-2-3-6-10-14-15-11-6/h2-4H2,1H3,(H,9,16)(H,10,11,14,15). The summed E-state index contributed by atoms with van der Waals surface area (Å²) in [5.74, 6) is 0.454. The highest BCUT2D eigenvalue weighted by molar-refractivity contribution is 6.99. The van der Waals surface area contributed by atoms with Gasteiger partial charge in [-0.3, -0.25) is 4.79 Å². The van der Waals surface area contributed by atoms with Crippen LogP contribution in [0.15, 0.2) is 0 Å². The Kier molecular flexibility index (Phi) is 3.70. The fourth-order valence-electron chi connectivity index (χ4n) is 1.26. The molecule has 8 nitrogen and oxygen atoms in total. The SMILES string of the molecule is Cc1nsnc1C(=O)NCCCc1nn[nH]n1. The highest BCUT2D eigenvalue weighted by Gasteiger charge is 2.12. The number of tetrazole rings is 1. The molecule has 90 valence electrons. The van der Waals surface area contributed by atoms with Crippen LogP contribution in [-0.4, -0.2) is 41.8 Å². The van der Waals surface area contributed by atoms with Crippen molar-refractivity contribution in [3.8, 4) is 0 Å². The van der Waals surface area contributed by atoms with Crippen molar-refractivity contribution in [3.63, 3.8) is 0 Å². The van der Waals surface area contributed by atoms with Crippen molar-refractivity contribution >= 4 is 17.6 Å². The van der Waals surface area contributed by atoms with Crippen molar-refractivity contribution < 1.29 is 4.79 Å². The van der Waals surface area contributed by atoms with Gasteiger partial charge in [-0.25, -0.2) is 0 Å². The number of aromatic amines is 1. The van der Waals surface area contributed by atoms with Gasteiger partial charge >= 0.3 is 0 Å².